The summed E-state index contributed by atoms with van der Waals surface area (Å²) in [6.07, 6.45) is 1.49. The van der Waals surface area contributed by atoms with Crippen molar-refractivity contribution in [2.24, 2.45) is 0 Å². The minimum absolute atomic E-state index is 0.212. The molecule has 1 aromatic carbocycles. The maximum absolute atomic E-state index is 13.0. The Kier molecular flexibility index (Phi) is 3.77. The van der Waals surface area contributed by atoms with E-state index in [2.05, 4.69) is 18.2 Å². The van der Waals surface area contributed by atoms with Crippen LogP contribution in [0.15, 0.2) is 30.9 Å². The quantitative estimate of drug-likeness (QED) is 0.698. The van der Waals surface area contributed by atoms with E-state index in [1.54, 1.807) is 0 Å². The molecule has 1 radical (unpaired) electrons. The van der Waals surface area contributed by atoms with Crippen molar-refractivity contribution in [3.05, 3.63) is 49.2 Å². The fourth-order valence-electron chi connectivity index (χ4n) is 1.11. The minimum Gasteiger partial charge on any atom is -0.435 e. The predicted octanol–water partition coefficient (Wildman–Crippen LogP) is 3.53. The third-order valence-electron chi connectivity index (χ3n) is 1.83. The van der Waals surface area contributed by atoms with Crippen LogP contribution in [0.1, 0.15) is 11.5 Å². The van der Waals surface area contributed by atoms with Crippen LogP contribution in [-0.2, 0) is 0 Å². The van der Waals surface area contributed by atoms with Crippen molar-refractivity contribution in [1.29, 1.82) is 0 Å². The van der Waals surface area contributed by atoms with Crippen molar-refractivity contribution in [3.8, 4) is 5.75 Å². The van der Waals surface area contributed by atoms with Gasteiger partial charge in [-0.1, -0.05) is 6.08 Å². The van der Waals surface area contributed by atoms with E-state index in [-0.39, 0.29) is 11.7 Å². The van der Waals surface area contributed by atoms with Gasteiger partial charge in [-0.3, -0.25) is 0 Å². The summed E-state index contributed by atoms with van der Waals surface area (Å²) >= 11 is 0. The van der Waals surface area contributed by atoms with E-state index < -0.39 is 12.4 Å². The van der Waals surface area contributed by atoms with Crippen molar-refractivity contribution in [3.63, 3.8) is 0 Å². The Labute approximate surface area is 86.2 Å². The first-order valence-electron chi connectivity index (χ1n) is 4.24. The summed E-state index contributed by atoms with van der Waals surface area (Å²) < 4.78 is 40.9. The standard InChI is InChI=1S/C11H10F3O/c1-3-7(2)8-4-9(12)6-10(5-8)15-11(13)14/h3-7,11H,1-2H2. The molecule has 0 amide bonds. The molecule has 0 fully saturated rings. The molecule has 1 atom stereocenters. The first-order chi connectivity index (χ1) is 7.02. The van der Waals surface area contributed by atoms with Crippen LogP contribution < -0.4 is 4.74 Å². The number of alkyl halides is 2. The third kappa shape index (κ3) is 3.31. The van der Waals surface area contributed by atoms with Crippen molar-refractivity contribution >= 4 is 0 Å². The molecule has 4 heteroatoms. The second kappa shape index (κ2) is 4.87. The Morgan fingerprint density at radius 2 is 1.93 bits per heavy atom. The highest BCUT2D eigenvalue weighted by Gasteiger charge is 2.09. The smallest absolute Gasteiger partial charge is 0.387 e. The zero-order valence-corrected chi connectivity index (χ0v) is 7.92. The second-order valence-electron chi connectivity index (χ2n) is 2.94. The summed E-state index contributed by atoms with van der Waals surface area (Å²) in [4.78, 5) is 0. The molecule has 0 saturated heterocycles. The Morgan fingerprint density at radius 3 is 2.47 bits per heavy atom. The molecule has 1 rings (SSSR count). The fraction of sp³-hybridized carbons (Fsp3) is 0.182. The van der Waals surface area contributed by atoms with Gasteiger partial charge in [-0.15, -0.1) is 6.58 Å². The van der Waals surface area contributed by atoms with Crippen molar-refractivity contribution in [1.82, 2.24) is 0 Å². The Balaban J connectivity index is 2.99. The maximum Gasteiger partial charge on any atom is 0.387 e. The highest BCUT2D eigenvalue weighted by molar-refractivity contribution is 5.34. The number of hydrogen-bond acceptors (Lipinski definition) is 1. The third-order valence-corrected chi connectivity index (χ3v) is 1.83. The van der Waals surface area contributed by atoms with Gasteiger partial charge in [-0.25, -0.2) is 4.39 Å². The topological polar surface area (TPSA) is 9.23 Å². The molecular weight excluding hydrogens is 205 g/mol. The van der Waals surface area contributed by atoms with Gasteiger partial charge in [-0.2, -0.15) is 8.78 Å². The molecule has 0 aromatic heterocycles. The van der Waals surface area contributed by atoms with E-state index >= 15 is 0 Å². The van der Waals surface area contributed by atoms with Gasteiger partial charge in [0.05, 0.1) is 0 Å². The van der Waals surface area contributed by atoms with Gasteiger partial charge in [0, 0.05) is 12.0 Å². The number of rotatable bonds is 4. The molecule has 0 aliphatic heterocycles. The summed E-state index contributed by atoms with van der Waals surface area (Å²) in [6.45, 7) is 4.18. The number of benzene rings is 1. The lowest BCUT2D eigenvalue weighted by Crippen LogP contribution is -2.03. The fourth-order valence-corrected chi connectivity index (χ4v) is 1.11. The van der Waals surface area contributed by atoms with E-state index in [1.807, 2.05) is 0 Å². The average molecular weight is 215 g/mol. The molecule has 0 N–H and O–H groups in total. The average Bonchev–Trinajstić information content (AvgIpc) is 2.14. The Hall–Kier alpha value is -1.45. The van der Waals surface area contributed by atoms with Gasteiger partial charge in [-0.05, 0) is 24.6 Å². The zero-order valence-electron chi connectivity index (χ0n) is 7.92. The highest BCUT2D eigenvalue weighted by atomic mass is 19.3. The van der Waals surface area contributed by atoms with Gasteiger partial charge in [0.15, 0.2) is 0 Å². The van der Waals surface area contributed by atoms with E-state index in [0.29, 0.717) is 5.56 Å². The molecule has 81 valence electrons. The first kappa shape index (κ1) is 11.6. The van der Waals surface area contributed by atoms with Crippen LogP contribution in [0.3, 0.4) is 0 Å². The Bertz CT molecular complexity index is 350. The lowest BCUT2D eigenvalue weighted by molar-refractivity contribution is -0.0500. The zero-order chi connectivity index (χ0) is 11.4. The van der Waals surface area contributed by atoms with Gasteiger partial charge in [0.2, 0.25) is 0 Å². The van der Waals surface area contributed by atoms with Crippen molar-refractivity contribution < 1.29 is 17.9 Å². The molecule has 1 aromatic rings. The van der Waals surface area contributed by atoms with Crippen LogP contribution in [0.2, 0.25) is 0 Å². The summed E-state index contributed by atoms with van der Waals surface area (Å²) in [7, 11) is 0. The molecule has 15 heavy (non-hydrogen) atoms. The lowest BCUT2D eigenvalue weighted by atomic mass is 10.0. The SMILES string of the molecule is [CH2]C(C=C)c1cc(F)cc(OC(F)F)c1. The van der Waals surface area contributed by atoms with Crippen molar-refractivity contribution in [2.75, 3.05) is 0 Å². The molecular formula is C11H10F3O. The summed E-state index contributed by atoms with van der Waals surface area (Å²) in [5.74, 6) is -1.21. The van der Waals surface area contributed by atoms with Gasteiger partial charge < -0.3 is 4.74 Å². The molecule has 0 heterocycles. The van der Waals surface area contributed by atoms with Gasteiger partial charge in [0.1, 0.15) is 11.6 Å². The number of halogens is 3. The van der Waals surface area contributed by atoms with E-state index in [4.69, 9.17) is 0 Å². The van der Waals surface area contributed by atoms with Crippen LogP contribution in [0.5, 0.6) is 5.75 Å². The second-order valence-corrected chi connectivity index (χ2v) is 2.94. The van der Waals surface area contributed by atoms with Crippen LogP contribution in [0.25, 0.3) is 0 Å². The highest BCUT2D eigenvalue weighted by Crippen LogP contribution is 2.24. The van der Waals surface area contributed by atoms with Crippen LogP contribution >= 0.6 is 0 Å². The van der Waals surface area contributed by atoms with Crippen LogP contribution in [-0.4, -0.2) is 6.61 Å². The normalized spacial score (nSPS) is 12.6. The maximum atomic E-state index is 13.0. The molecule has 1 unspecified atom stereocenters. The number of allylic oxidation sites excluding steroid dienone is 1. The van der Waals surface area contributed by atoms with Gasteiger partial charge >= 0.3 is 6.61 Å². The number of ether oxygens (including phenoxy) is 1. The predicted molar refractivity (Wildman–Crippen MR) is 51.3 cm³/mol. The minimum atomic E-state index is -2.97. The van der Waals surface area contributed by atoms with E-state index in [0.717, 1.165) is 6.07 Å². The van der Waals surface area contributed by atoms with Crippen LogP contribution in [0.4, 0.5) is 13.2 Å². The van der Waals surface area contributed by atoms with E-state index in [1.165, 1.54) is 18.2 Å². The molecule has 1 nitrogen and oxygen atoms in total. The monoisotopic (exact) mass is 215 g/mol. The molecule has 0 bridgehead atoms. The van der Waals surface area contributed by atoms with Gasteiger partial charge in [0.25, 0.3) is 0 Å². The molecule has 0 aliphatic rings. The number of hydrogen-bond donors (Lipinski definition) is 0. The Morgan fingerprint density at radius 1 is 1.27 bits per heavy atom. The summed E-state index contributed by atoms with van der Waals surface area (Å²) in [6, 6.07) is 3.41. The van der Waals surface area contributed by atoms with Crippen LogP contribution in [0, 0.1) is 12.7 Å². The van der Waals surface area contributed by atoms with Crippen molar-refractivity contribution in [2.45, 2.75) is 12.5 Å². The molecule has 0 aliphatic carbocycles. The van der Waals surface area contributed by atoms with E-state index in [9.17, 15) is 13.2 Å². The lowest BCUT2D eigenvalue weighted by Gasteiger charge is -2.10. The summed E-state index contributed by atoms with van der Waals surface area (Å²) in [5, 5.41) is 0. The largest absolute Gasteiger partial charge is 0.435 e. The molecule has 0 saturated carbocycles. The molecule has 0 spiro atoms. The first-order valence-corrected chi connectivity index (χ1v) is 4.24. The summed E-state index contributed by atoms with van der Waals surface area (Å²) in [5.41, 5.74) is 0.445.